The van der Waals surface area contributed by atoms with Crippen molar-refractivity contribution in [3.8, 4) is 0 Å². The minimum absolute atomic E-state index is 0.120. The lowest BCUT2D eigenvalue weighted by Crippen LogP contribution is -2.46. The van der Waals surface area contributed by atoms with Crippen LogP contribution in [0.3, 0.4) is 0 Å². The average Bonchev–Trinajstić information content (AvgIpc) is 2.99. The summed E-state index contributed by atoms with van der Waals surface area (Å²) in [5.74, 6) is -0.316. The van der Waals surface area contributed by atoms with Crippen molar-refractivity contribution in [2.45, 2.75) is 38.0 Å². The SMILES string of the molecule is C[C@H](CO)NC(=O)N[C@H](c1ccc(F)cc1)[C@H]1CCCO1. The predicted molar refractivity (Wildman–Crippen MR) is 76.3 cm³/mol. The van der Waals surface area contributed by atoms with Crippen LogP contribution in [0.5, 0.6) is 0 Å². The Labute approximate surface area is 123 Å². The van der Waals surface area contributed by atoms with E-state index >= 15 is 0 Å². The number of hydrogen-bond acceptors (Lipinski definition) is 3. The fourth-order valence-corrected chi connectivity index (χ4v) is 2.38. The van der Waals surface area contributed by atoms with Gasteiger partial charge in [0.25, 0.3) is 0 Å². The molecule has 0 spiro atoms. The van der Waals surface area contributed by atoms with Crippen molar-refractivity contribution in [2.24, 2.45) is 0 Å². The van der Waals surface area contributed by atoms with Crippen LogP contribution in [0, 0.1) is 5.82 Å². The molecular formula is C15H21FN2O3. The molecule has 1 fully saturated rings. The topological polar surface area (TPSA) is 70.6 Å². The fourth-order valence-electron chi connectivity index (χ4n) is 2.38. The number of aliphatic hydroxyl groups excluding tert-OH is 1. The van der Waals surface area contributed by atoms with E-state index < -0.39 is 0 Å². The maximum absolute atomic E-state index is 13.0. The Morgan fingerprint density at radius 1 is 1.43 bits per heavy atom. The molecule has 0 aliphatic carbocycles. The summed E-state index contributed by atoms with van der Waals surface area (Å²) in [6.07, 6.45) is 1.67. The highest BCUT2D eigenvalue weighted by atomic mass is 19.1. The molecule has 1 aromatic rings. The van der Waals surface area contributed by atoms with Crippen LogP contribution < -0.4 is 10.6 Å². The number of aliphatic hydroxyl groups is 1. The summed E-state index contributed by atoms with van der Waals surface area (Å²) in [6.45, 7) is 2.24. The van der Waals surface area contributed by atoms with Crippen LogP contribution in [0.4, 0.5) is 9.18 Å². The van der Waals surface area contributed by atoms with E-state index in [0.29, 0.717) is 6.61 Å². The maximum atomic E-state index is 13.0. The Morgan fingerprint density at radius 2 is 2.14 bits per heavy atom. The summed E-state index contributed by atoms with van der Waals surface area (Å²) in [5.41, 5.74) is 0.801. The van der Waals surface area contributed by atoms with Gasteiger partial charge in [-0.15, -0.1) is 0 Å². The molecule has 1 aliphatic rings. The third kappa shape index (κ3) is 4.41. The standard InChI is InChI=1S/C15H21FN2O3/c1-10(9-19)17-15(20)18-14(13-3-2-8-21-13)11-4-6-12(16)7-5-11/h4-7,10,13-14,19H,2-3,8-9H2,1H3,(H2,17,18,20)/t10-,13-,14-/m1/s1. The molecule has 1 heterocycles. The van der Waals surface area contributed by atoms with Gasteiger partial charge in [0.2, 0.25) is 0 Å². The van der Waals surface area contributed by atoms with Gasteiger partial charge < -0.3 is 20.5 Å². The number of carbonyl (C=O) groups is 1. The summed E-state index contributed by atoms with van der Waals surface area (Å²) < 4.78 is 18.7. The summed E-state index contributed by atoms with van der Waals surface area (Å²) >= 11 is 0. The molecule has 3 atom stereocenters. The number of carbonyl (C=O) groups excluding carboxylic acids is 1. The molecule has 116 valence electrons. The molecule has 2 rings (SSSR count). The molecule has 0 aromatic heterocycles. The first kappa shape index (κ1) is 15.7. The van der Waals surface area contributed by atoms with Gasteiger partial charge in [0, 0.05) is 6.61 Å². The predicted octanol–water partition coefficient (Wildman–Crippen LogP) is 1.73. The van der Waals surface area contributed by atoms with E-state index in [1.165, 1.54) is 12.1 Å². The van der Waals surface area contributed by atoms with Crippen molar-refractivity contribution in [3.05, 3.63) is 35.6 Å². The fraction of sp³-hybridized carbons (Fsp3) is 0.533. The van der Waals surface area contributed by atoms with Crippen LogP contribution in [0.2, 0.25) is 0 Å². The molecule has 21 heavy (non-hydrogen) atoms. The second-order valence-electron chi connectivity index (χ2n) is 5.28. The highest BCUT2D eigenvalue weighted by Crippen LogP contribution is 2.27. The van der Waals surface area contributed by atoms with Gasteiger partial charge in [0.05, 0.1) is 24.8 Å². The molecule has 0 bridgehead atoms. The third-order valence-corrected chi connectivity index (χ3v) is 3.50. The number of urea groups is 1. The normalized spacial score (nSPS) is 20.8. The Balaban J connectivity index is 2.08. The lowest BCUT2D eigenvalue weighted by Gasteiger charge is -2.25. The Bertz CT molecular complexity index is 460. The molecule has 1 aromatic carbocycles. The second kappa shape index (κ2) is 7.38. The molecule has 2 amide bonds. The van der Waals surface area contributed by atoms with E-state index in [9.17, 15) is 9.18 Å². The maximum Gasteiger partial charge on any atom is 0.315 e. The van der Waals surface area contributed by atoms with Crippen molar-refractivity contribution in [2.75, 3.05) is 13.2 Å². The number of amides is 2. The van der Waals surface area contributed by atoms with Gasteiger partial charge in [0.15, 0.2) is 0 Å². The van der Waals surface area contributed by atoms with Gasteiger partial charge in [0.1, 0.15) is 5.82 Å². The molecule has 0 saturated carbocycles. The van der Waals surface area contributed by atoms with Crippen molar-refractivity contribution < 1.29 is 19.0 Å². The molecule has 3 N–H and O–H groups in total. The second-order valence-corrected chi connectivity index (χ2v) is 5.28. The summed E-state index contributed by atoms with van der Waals surface area (Å²) in [7, 11) is 0. The number of halogens is 1. The molecule has 1 aliphatic heterocycles. The van der Waals surface area contributed by atoms with Gasteiger partial charge in [-0.2, -0.15) is 0 Å². The van der Waals surface area contributed by atoms with Crippen LogP contribution in [-0.4, -0.2) is 36.5 Å². The summed E-state index contributed by atoms with van der Waals surface area (Å²) in [5, 5.41) is 14.5. The van der Waals surface area contributed by atoms with Crippen molar-refractivity contribution in [3.63, 3.8) is 0 Å². The van der Waals surface area contributed by atoms with Gasteiger partial charge in [-0.25, -0.2) is 9.18 Å². The summed E-state index contributed by atoms with van der Waals surface area (Å²) in [4.78, 5) is 12.0. The quantitative estimate of drug-likeness (QED) is 0.775. The number of benzene rings is 1. The van der Waals surface area contributed by atoms with Crippen LogP contribution in [-0.2, 0) is 4.74 Å². The van der Waals surface area contributed by atoms with Crippen molar-refractivity contribution in [1.29, 1.82) is 0 Å². The highest BCUT2D eigenvalue weighted by Gasteiger charge is 2.29. The molecule has 0 unspecified atom stereocenters. The highest BCUT2D eigenvalue weighted by molar-refractivity contribution is 5.74. The van der Waals surface area contributed by atoms with E-state index in [1.807, 2.05) is 0 Å². The Morgan fingerprint density at radius 3 is 2.71 bits per heavy atom. The van der Waals surface area contributed by atoms with Crippen LogP contribution in [0.25, 0.3) is 0 Å². The first-order chi connectivity index (χ1) is 10.1. The minimum atomic E-state index is -0.374. The number of ether oxygens (including phenoxy) is 1. The largest absolute Gasteiger partial charge is 0.394 e. The zero-order valence-corrected chi connectivity index (χ0v) is 12.0. The monoisotopic (exact) mass is 296 g/mol. The lowest BCUT2D eigenvalue weighted by molar-refractivity contribution is 0.0804. The van der Waals surface area contributed by atoms with Crippen LogP contribution >= 0.6 is 0 Å². The van der Waals surface area contributed by atoms with E-state index in [2.05, 4.69) is 10.6 Å². The van der Waals surface area contributed by atoms with E-state index in [1.54, 1.807) is 19.1 Å². The van der Waals surface area contributed by atoms with Crippen LogP contribution in [0.1, 0.15) is 31.4 Å². The first-order valence-electron chi connectivity index (χ1n) is 7.15. The molecular weight excluding hydrogens is 275 g/mol. The Kier molecular flexibility index (Phi) is 5.52. The number of nitrogens with one attached hydrogen (secondary N) is 2. The average molecular weight is 296 g/mol. The van der Waals surface area contributed by atoms with Gasteiger partial charge in [-0.1, -0.05) is 12.1 Å². The number of rotatable bonds is 5. The minimum Gasteiger partial charge on any atom is -0.394 e. The van der Waals surface area contributed by atoms with Crippen LogP contribution in [0.15, 0.2) is 24.3 Å². The van der Waals surface area contributed by atoms with E-state index in [4.69, 9.17) is 9.84 Å². The van der Waals surface area contributed by atoms with Gasteiger partial charge in [-0.05, 0) is 37.5 Å². The van der Waals surface area contributed by atoms with Gasteiger partial charge >= 0.3 is 6.03 Å². The zero-order chi connectivity index (χ0) is 15.2. The third-order valence-electron chi connectivity index (χ3n) is 3.50. The smallest absolute Gasteiger partial charge is 0.315 e. The first-order valence-corrected chi connectivity index (χ1v) is 7.15. The van der Waals surface area contributed by atoms with Gasteiger partial charge in [-0.3, -0.25) is 0 Å². The molecule has 0 radical (unpaired) electrons. The van der Waals surface area contributed by atoms with Crippen molar-refractivity contribution in [1.82, 2.24) is 10.6 Å². The lowest BCUT2D eigenvalue weighted by atomic mass is 9.99. The molecule has 1 saturated heterocycles. The van der Waals surface area contributed by atoms with E-state index in [0.717, 1.165) is 18.4 Å². The summed E-state index contributed by atoms with van der Waals surface area (Å²) in [6, 6.07) is 5.00. The van der Waals surface area contributed by atoms with E-state index in [-0.39, 0.29) is 36.6 Å². The molecule has 6 heteroatoms. The molecule has 5 nitrogen and oxygen atoms in total. The zero-order valence-electron chi connectivity index (χ0n) is 12.0. The van der Waals surface area contributed by atoms with Crippen molar-refractivity contribution >= 4 is 6.03 Å². The number of hydrogen-bond donors (Lipinski definition) is 3. The Hall–Kier alpha value is -1.66.